The first-order valence-corrected chi connectivity index (χ1v) is 9.35. The molecule has 0 spiro atoms. The van der Waals surface area contributed by atoms with Crippen molar-refractivity contribution in [3.63, 3.8) is 0 Å². The third kappa shape index (κ3) is 3.66. The molecule has 0 atom stereocenters. The van der Waals surface area contributed by atoms with Gasteiger partial charge in [0, 0.05) is 29.6 Å². The topological polar surface area (TPSA) is 64.1 Å². The second kappa shape index (κ2) is 7.17. The van der Waals surface area contributed by atoms with Crippen LogP contribution in [0.1, 0.15) is 12.7 Å². The zero-order valence-electron chi connectivity index (χ0n) is 14.9. The fourth-order valence-corrected chi connectivity index (χ4v) is 3.85. The monoisotopic (exact) mass is 375 g/mol. The number of rotatable bonds is 4. The molecule has 134 valence electrons. The van der Waals surface area contributed by atoms with Crippen molar-refractivity contribution in [2.45, 2.75) is 13.8 Å². The Bertz CT molecular complexity index is 1120. The van der Waals surface area contributed by atoms with E-state index >= 15 is 0 Å². The molecule has 5 nitrogen and oxygen atoms in total. The van der Waals surface area contributed by atoms with Crippen molar-refractivity contribution in [2.24, 2.45) is 0 Å². The molecule has 27 heavy (non-hydrogen) atoms. The van der Waals surface area contributed by atoms with Gasteiger partial charge in [-0.3, -0.25) is 4.79 Å². The van der Waals surface area contributed by atoms with E-state index in [0.717, 1.165) is 21.3 Å². The van der Waals surface area contributed by atoms with Gasteiger partial charge < -0.3 is 10.1 Å². The van der Waals surface area contributed by atoms with Crippen molar-refractivity contribution in [1.82, 2.24) is 9.97 Å². The van der Waals surface area contributed by atoms with Crippen molar-refractivity contribution in [2.75, 3.05) is 5.32 Å². The normalized spacial score (nSPS) is 10.7. The minimum atomic E-state index is -0.128. The van der Waals surface area contributed by atoms with Gasteiger partial charge in [-0.25, -0.2) is 4.98 Å². The number of thiophene rings is 1. The number of aryl methyl sites for hydroxylation is 1. The number of ether oxygens (including phenoxy) is 1. The quantitative estimate of drug-likeness (QED) is 0.517. The summed E-state index contributed by atoms with van der Waals surface area (Å²) < 4.78 is 6.12. The number of hydrogen-bond donors (Lipinski definition) is 1. The molecule has 0 saturated heterocycles. The predicted octanol–water partition coefficient (Wildman–Crippen LogP) is 5.42. The largest absolute Gasteiger partial charge is 0.438 e. The molecule has 0 radical (unpaired) electrons. The molecule has 1 amide bonds. The van der Waals surface area contributed by atoms with Gasteiger partial charge in [-0.05, 0) is 24.6 Å². The molecule has 4 rings (SSSR count). The number of nitrogens with one attached hydrogen (secondary N) is 1. The van der Waals surface area contributed by atoms with Gasteiger partial charge in [0.2, 0.25) is 11.8 Å². The fraction of sp³-hybridized carbons (Fsp3) is 0.0952. The first-order valence-electron chi connectivity index (χ1n) is 8.47. The maximum absolute atomic E-state index is 11.3. The highest BCUT2D eigenvalue weighted by molar-refractivity contribution is 7.17. The highest BCUT2D eigenvalue weighted by Crippen LogP contribution is 2.39. The Morgan fingerprint density at radius 3 is 2.67 bits per heavy atom. The summed E-state index contributed by atoms with van der Waals surface area (Å²) in [5.41, 5.74) is 2.81. The first kappa shape index (κ1) is 17.2. The van der Waals surface area contributed by atoms with E-state index in [1.165, 1.54) is 6.92 Å². The van der Waals surface area contributed by atoms with Crippen molar-refractivity contribution in [1.29, 1.82) is 0 Å². The van der Waals surface area contributed by atoms with Crippen LogP contribution in [-0.2, 0) is 4.79 Å². The van der Waals surface area contributed by atoms with Crippen LogP contribution in [0.25, 0.3) is 21.3 Å². The highest BCUT2D eigenvalue weighted by atomic mass is 32.1. The van der Waals surface area contributed by atoms with Gasteiger partial charge in [0.1, 0.15) is 16.4 Å². The van der Waals surface area contributed by atoms with Gasteiger partial charge in [0.15, 0.2) is 0 Å². The lowest BCUT2D eigenvalue weighted by Gasteiger charge is -2.10. The molecular formula is C21H17N3O2S. The minimum Gasteiger partial charge on any atom is -0.438 e. The van der Waals surface area contributed by atoms with Crippen molar-refractivity contribution in [3.05, 3.63) is 65.8 Å². The van der Waals surface area contributed by atoms with Gasteiger partial charge in [-0.1, -0.05) is 36.4 Å². The summed E-state index contributed by atoms with van der Waals surface area (Å²) in [6.07, 6.45) is 0. The molecule has 4 aromatic rings. The van der Waals surface area contributed by atoms with Gasteiger partial charge in [-0.15, -0.1) is 11.3 Å². The zero-order chi connectivity index (χ0) is 18.8. The van der Waals surface area contributed by atoms with E-state index in [9.17, 15) is 4.79 Å². The van der Waals surface area contributed by atoms with Crippen LogP contribution in [-0.4, -0.2) is 15.9 Å². The van der Waals surface area contributed by atoms with Crippen LogP contribution in [0.15, 0.2) is 60.0 Å². The Hall–Kier alpha value is -3.25. The van der Waals surface area contributed by atoms with Crippen LogP contribution in [0, 0.1) is 6.92 Å². The third-order valence-electron chi connectivity index (χ3n) is 3.97. The molecule has 0 bridgehead atoms. The Morgan fingerprint density at radius 1 is 1.07 bits per heavy atom. The predicted molar refractivity (Wildman–Crippen MR) is 108 cm³/mol. The van der Waals surface area contributed by atoms with Crippen molar-refractivity contribution >= 4 is 33.1 Å². The molecule has 0 aliphatic carbocycles. The summed E-state index contributed by atoms with van der Waals surface area (Å²) >= 11 is 1.57. The van der Waals surface area contributed by atoms with Crippen LogP contribution in [0.3, 0.4) is 0 Å². The standard InChI is InChI=1S/C21H17N3O2S/c1-13-22-20(26-17-10-6-9-16(11-17)24-14(2)25)19-18(12-27-21(19)23-13)15-7-4-3-5-8-15/h3-12H,1-2H3,(H,24,25). The first-order chi connectivity index (χ1) is 13.1. The van der Waals surface area contributed by atoms with Crippen molar-refractivity contribution in [3.8, 4) is 22.8 Å². The Kier molecular flexibility index (Phi) is 4.56. The Morgan fingerprint density at radius 2 is 1.89 bits per heavy atom. The molecule has 0 saturated carbocycles. The maximum Gasteiger partial charge on any atom is 0.231 e. The molecule has 1 N–H and O–H groups in total. The van der Waals surface area contributed by atoms with E-state index in [0.29, 0.717) is 23.1 Å². The lowest BCUT2D eigenvalue weighted by molar-refractivity contribution is -0.114. The highest BCUT2D eigenvalue weighted by Gasteiger charge is 2.16. The van der Waals surface area contributed by atoms with E-state index in [4.69, 9.17) is 4.74 Å². The molecule has 2 aromatic heterocycles. The molecular weight excluding hydrogens is 358 g/mol. The van der Waals surface area contributed by atoms with Crippen LogP contribution in [0.5, 0.6) is 11.6 Å². The van der Waals surface area contributed by atoms with E-state index in [-0.39, 0.29) is 5.91 Å². The van der Waals surface area contributed by atoms with E-state index in [2.05, 4.69) is 32.8 Å². The molecule has 6 heteroatoms. The summed E-state index contributed by atoms with van der Waals surface area (Å²) in [7, 11) is 0. The number of benzene rings is 2. The van der Waals surface area contributed by atoms with Gasteiger partial charge >= 0.3 is 0 Å². The second-order valence-electron chi connectivity index (χ2n) is 6.08. The summed E-state index contributed by atoms with van der Waals surface area (Å²) in [5, 5.41) is 5.73. The number of hydrogen-bond acceptors (Lipinski definition) is 5. The van der Waals surface area contributed by atoms with Crippen LogP contribution >= 0.6 is 11.3 Å². The SMILES string of the molecule is CC(=O)Nc1cccc(Oc2nc(C)nc3scc(-c4ccccc4)c23)c1. The van der Waals surface area contributed by atoms with Gasteiger partial charge in [0.05, 0.1) is 5.39 Å². The Labute approximate surface area is 160 Å². The smallest absolute Gasteiger partial charge is 0.231 e. The molecule has 0 aliphatic rings. The number of carbonyl (C=O) groups is 1. The molecule has 0 unspecified atom stereocenters. The molecule has 2 heterocycles. The average Bonchev–Trinajstić information content (AvgIpc) is 3.06. The summed E-state index contributed by atoms with van der Waals surface area (Å²) in [6, 6.07) is 17.4. The summed E-state index contributed by atoms with van der Waals surface area (Å²) in [4.78, 5) is 21.3. The number of anilines is 1. The maximum atomic E-state index is 11.3. The zero-order valence-corrected chi connectivity index (χ0v) is 15.7. The fourth-order valence-electron chi connectivity index (χ4n) is 2.87. The van der Waals surface area contributed by atoms with E-state index in [1.54, 1.807) is 17.4 Å². The molecule has 0 aliphatic heterocycles. The number of nitrogens with zero attached hydrogens (tertiary/aromatic N) is 2. The second-order valence-corrected chi connectivity index (χ2v) is 6.94. The molecule has 2 aromatic carbocycles. The van der Waals surface area contributed by atoms with Crippen molar-refractivity contribution < 1.29 is 9.53 Å². The average molecular weight is 375 g/mol. The van der Waals surface area contributed by atoms with Crippen LogP contribution < -0.4 is 10.1 Å². The van der Waals surface area contributed by atoms with Gasteiger partial charge in [0.25, 0.3) is 0 Å². The number of carbonyl (C=O) groups excluding carboxylic acids is 1. The lowest BCUT2D eigenvalue weighted by Crippen LogP contribution is -2.05. The lowest BCUT2D eigenvalue weighted by atomic mass is 10.1. The van der Waals surface area contributed by atoms with Crippen LogP contribution in [0.2, 0.25) is 0 Å². The Balaban J connectivity index is 1.80. The third-order valence-corrected chi connectivity index (χ3v) is 4.84. The van der Waals surface area contributed by atoms with Crippen LogP contribution in [0.4, 0.5) is 5.69 Å². The summed E-state index contributed by atoms with van der Waals surface area (Å²) in [5.74, 6) is 1.64. The summed E-state index contributed by atoms with van der Waals surface area (Å²) in [6.45, 7) is 3.32. The minimum absolute atomic E-state index is 0.128. The number of amides is 1. The van der Waals surface area contributed by atoms with E-state index < -0.39 is 0 Å². The van der Waals surface area contributed by atoms with Gasteiger partial charge in [-0.2, -0.15) is 4.98 Å². The number of aromatic nitrogens is 2. The molecule has 0 fully saturated rings. The van der Waals surface area contributed by atoms with E-state index in [1.807, 2.05) is 43.3 Å². The number of fused-ring (bicyclic) bond motifs is 1.